The van der Waals surface area contributed by atoms with E-state index in [-0.39, 0.29) is 24.8 Å². The number of carbonyl (C=O) groups is 3. The van der Waals surface area contributed by atoms with E-state index in [1.165, 1.54) is 24.9 Å². The Morgan fingerprint density at radius 2 is 2.00 bits per heavy atom. The Kier molecular flexibility index (Phi) is 8.27. The minimum Gasteiger partial charge on any atom is -0.467 e. The molecule has 6 bridgehead atoms. The minimum absolute atomic E-state index is 0.142. The zero-order valence-corrected chi connectivity index (χ0v) is 24.4. The van der Waals surface area contributed by atoms with E-state index in [2.05, 4.69) is 35.0 Å². The molecule has 4 aliphatic rings. The molecule has 1 aliphatic carbocycles. The molecule has 9 nitrogen and oxygen atoms in total. The van der Waals surface area contributed by atoms with E-state index in [4.69, 9.17) is 14.5 Å². The summed E-state index contributed by atoms with van der Waals surface area (Å²) in [4.78, 5) is 48.5. The molecule has 6 rings (SSSR count). The number of methoxy groups -OCH3 is 1. The van der Waals surface area contributed by atoms with Crippen LogP contribution in [0.15, 0.2) is 29.7 Å². The molecule has 0 spiro atoms. The fraction of sp³-hybridized carbons (Fsp3) is 0.548. The Morgan fingerprint density at radius 1 is 1.15 bits per heavy atom. The molecule has 218 valence electrons. The van der Waals surface area contributed by atoms with Crippen LogP contribution in [0.3, 0.4) is 0 Å². The summed E-state index contributed by atoms with van der Waals surface area (Å²) < 4.78 is 11.0. The molecule has 0 unspecified atom stereocenters. The number of ether oxygens (including phenoxy) is 2. The topological polar surface area (TPSA) is 101 Å². The molecule has 1 aromatic carbocycles. The lowest BCUT2D eigenvalue weighted by Crippen LogP contribution is -2.51. The fourth-order valence-electron chi connectivity index (χ4n) is 6.70. The second-order valence-corrected chi connectivity index (χ2v) is 12.4. The molecule has 2 fully saturated rings. The molecular weight excluding hydrogens is 540 g/mol. The smallest absolute Gasteiger partial charge is 0.410 e. The maximum atomic E-state index is 14.2. The summed E-state index contributed by atoms with van der Waals surface area (Å²) in [6.07, 6.45) is 11.5. The van der Waals surface area contributed by atoms with E-state index < -0.39 is 30.3 Å². The van der Waals surface area contributed by atoms with Gasteiger partial charge in [0.05, 0.1) is 25.9 Å². The largest absolute Gasteiger partial charge is 0.467 e. The van der Waals surface area contributed by atoms with Gasteiger partial charge in [-0.1, -0.05) is 49.6 Å². The summed E-state index contributed by atoms with van der Waals surface area (Å²) in [5.74, 6) is -0.497. The second kappa shape index (κ2) is 12.2. The monoisotopic (exact) mass is 578 g/mol. The molecule has 10 heteroatoms. The van der Waals surface area contributed by atoms with E-state index in [9.17, 15) is 14.4 Å². The quantitative estimate of drug-likeness (QED) is 0.492. The number of esters is 1. The Bertz CT molecular complexity index is 1320. The van der Waals surface area contributed by atoms with Gasteiger partial charge in [0.2, 0.25) is 5.91 Å². The maximum absolute atomic E-state index is 14.2. The van der Waals surface area contributed by atoms with Crippen LogP contribution in [0.2, 0.25) is 0 Å². The number of fused-ring (bicyclic) bond motifs is 5. The van der Waals surface area contributed by atoms with E-state index in [1.807, 2.05) is 6.07 Å². The minimum atomic E-state index is -0.799. The number of aryl methyl sites for hydroxylation is 1. The number of hydrogen-bond acceptors (Lipinski definition) is 8. The summed E-state index contributed by atoms with van der Waals surface area (Å²) in [5, 5.41) is 6.27. The van der Waals surface area contributed by atoms with Gasteiger partial charge in [-0.05, 0) is 54.7 Å². The first-order valence-corrected chi connectivity index (χ1v) is 15.7. The second-order valence-electron chi connectivity index (χ2n) is 11.6. The van der Waals surface area contributed by atoms with Crippen molar-refractivity contribution in [3.05, 3.63) is 52.0 Å². The highest BCUT2D eigenvalue weighted by Crippen LogP contribution is 2.34. The van der Waals surface area contributed by atoms with Gasteiger partial charge in [-0.3, -0.25) is 9.69 Å². The lowest BCUT2D eigenvalue weighted by molar-refractivity contribution is -0.151. The molecule has 3 atom stereocenters. The number of amides is 2. The Balaban J connectivity index is 1.30. The van der Waals surface area contributed by atoms with Crippen LogP contribution in [0.4, 0.5) is 9.93 Å². The SMILES string of the molecule is COC(=O)[C@@H]1C[C@@H]2CN1C(=O)[C@H](C1CCCCC1)Nc1nc(cs1)CCC/C=C/c1cccc3c1CN(C3)C(=O)O2. The normalized spacial score (nSPS) is 26.3. The molecular formula is C31H38N4O5S. The van der Waals surface area contributed by atoms with Gasteiger partial charge in [-0.25, -0.2) is 14.6 Å². The van der Waals surface area contributed by atoms with Gasteiger partial charge in [-0.2, -0.15) is 0 Å². The first-order valence-electron chi connectivity index (χ1n) is 14.8. The number of anilines is 1. The molecule has 1 aromatic heterocycles. The average Bonchev–Trinajstić information content (AvgIpc) is 3.74. The summed E-state index contributed by atoms with van der Waals surface area (Å²) in [6, 6.07) is 4.86. The number of thiazole rings is 1. The van der Waals surface area contributed by atoms with Crippen LogP contribution in [-0.4, -0.2) is 64.6 Å². The number of nitrogens with one attached hydrogen (secondary N) is 1. The number of rotatable bonds is 2. The molecule has 4 heterocycles. The zero-order valence-electron chi connectivity index (χ0n) is 23.5. The van der Waals surface area contributed by atoms with Crippen molar-refractivity contribution in [1.29, 1.82) is 0 Å². The first kappa shape index (κ1) is 27.8. The summed E-state index contributed by atoms with van der Waals surface area (Å²) in [5.41, 5.74) is 4.38. The van der Waals surface area contributed by atoms with Crippen molar-refractivity contribution < 1.29 is 23.9 Å². The van der Waals surface area contributed by atoms with Crippen molar-refractivity contribution in [2.24, 2.45) is 5.92 Å². The molecule has 3 aliphatic heterocycles. The van der Waals surface area contributed by atoms with E-state index in [0.717, 1.165) is 72.5 Å². The average molecular weight is 579 g/mol. The summed E-state index contributed by atoms with van der Waals surface area (Å²) >= 11 is 1.52. The Morgan fingerprint density at radius 3 is 2.83 bits per heavy atom. The van der Waals surface area contributed by atoms with Gasteiger partial charge in [0.15, 0.2) is 5.13 Å². The van der Waals surface area contributed by atoms with Gasteiger partial charge in [0.1, 0.15) is 18.2 Å². The van der Waals surface area contributed by atoms with E-state index >= 15 is 0 Å². The summed E-state index contributed by atoms with van der Waals surface area (Å²) in [7, 11) is 1.33. The van der Waals surface area contributed by atoms with Gasteiger partial charge in [0.25, 0.3) is 0 Å². The van der Waals surface area contributed by atoms with Gasteiger partial charge < -0.3 is 19.7 Å². The fourth-order valence-corrected chi connectivity index (χ4v) is 7.48. The third-order valence-electron chi connectivity index (χ3n) is 8.88. The number of aromatic nitrogens is 1. The number of hydrogen-bond donors (Lipinski definition) is 1. The van der Waals surface area contributed by atoms with Gasteiger partial charge >= 0.3 is 12.1 Å². The maximum Gasteiger partial charge on any atom is 0.410 e. The van der Waals surface area contributed by atoms with Crippen LogP contribution in [0.1, 0.15) is 73.8 Å². The molecule has 41 heavy (non-hydrogen) atoms. The first-order chi connectivity index (χ1) is 20.0. The molecule has 1 saturated carbocycles. The molecule has 2 aromatic rings. The van der Waals surface area contributed by atoms with Crippen molar-refractivity contribution in [3.8, 4) is 0 Å². The molecule has 0 radical (unpaired) electrons. The predicted molar refractivity (Wildman–Crippen MR) is 156 cm³/mol. The van der Waals surface area contributed by atoms with Crippen molar-refractivity contribution >= 4 is 40.5 Å². The third kappa shape index (κ3) is 5.98. The lowest BCUT2D eigenvalue weighted by atomic mass is 9.83. The highest BCUT2D eigenvalue weighted by molar-refractivity contribution is 7.13. The zero-order chi connectivity index (χ0) is 28.3. The van der Waals surface area contributed by atoms with Crippen molar-refractivity contribution in [2.75, 3.05) is 19.0 Å². The number of nitrogens with zero attached hydrogens (tertiary/aromatic N) is 3. The Labute approximate surface area is 244 Å². The standard InChI is InChI=1S/C31H38N4O5S/c1-39-29(37)26-15-24-17-35(26)28(36)27(21-10-5-2-6-11-21)33-30-32-23(19-41-30)14-7-3-4-9-20-12-8-13-22-16-34(18-25(20)22)31(38)40-24/h4,8-9,12-13,19,21,24,26-27H,2-3,5-7,10-11,14-18H2,1H3,(H,32,33)/b9-4+/t24-,26+,27+/m1/s1. The van der Waals surface area contributed by atoms with Crippen molar-refractivity contribution in [3.63, 3.8) is 0 Å². The highest BCUT2D eigenvalue weighted by Gasteiger charge is 2.46. The van der Waals surface area contributed by atoms with Crippen LogP contribution < -0.4 is 5.32 Å². The number of allylic oxidation sites excluding steroid dienone is 1. The van der Waals surface area contributed by atoms with Crippen LogP contribution >= 0.6 is 11.3 Å². The molecule has 1 saturated heterocycles. The lowest BCUT2D eigenvalue weighted by Gasteiger charge is -2.34. The van der Waals surface area contributed by atoms with Gasteiger partial charge in [-0.15, -0.1) is 11.3 Å². The van der Waals surface area contributed by atoms with E-state index in [0.29, 0.717) is 13.1 Å². The van der Waals surface area contributed by atoms with Crippen LogP contribution in [-0.2, 0) is 38.6 Å². The van der Waals surface area contributed by atoms with Crippen molar-refractivity contribution in [1.82, 2.24) is 14.8 Å². The number of carbonyl (C=O) groups excluding carboxylic acids is 3. The Hall–Kier alpha value is -3.40. The molecule has 1 N–H and O–H groups in total. The van der Waals surface area contributed by atoms with E-state index in [1.54, 1.807) is 9.80 Å². The van der Waals surface area contributed by atoms with Crippen molar-refractivity contribution in [2.45, 2.75) is 89.1 Å². The number of benzene rings is 1. The van der Waals surface area contributed by atoms with Crippen LogP contribution in [0.5, 0.6) is 0 Å². The third-order valence-corrected chi connectivity index (χ3v) is 9.71. The highest BCUT2D eigenvalue weighted by atomic mass is 32.1. The van der Waals surface area contributed by atoms with Gasteiger partial charge in [0, 0.05) is 18.3 Å². The molecule has 2 amide bonds. The summed E-state index contributed by atoms with van der Waals surface area (Å²) in [6.45, 7) is 1.11. The van der Waals surface area contributed by atoms with Crippen LogP contribution in [0.25, 0.3) is 6.08 Å². The predicted octanol–water partition coefficient (Wildman–Crippen LogP) is 5.15. The van der Waals surface area contributed by atoms with Crippen LogP contribution in [0, 0.1) is 5.92 Å².